The first kappa shape index (κ1) is 25.8. The van der Waals surface area contributed by atoms with Crippen LogP contribution < -0.4 is 5.32 Å². The molecule has 2 aromatic rings. The molecule has 4 N–H and O–H groups in total. The Morgan fingerprint density at radius 2 is 1.79 bits per heavy atom. The first-order valence-electron chi connectivity index (χ1n) is 13.9. The molecule has 3 aliphatic carbocycles. The average Bonchev–Trinajstić information content (AvgIpc) is 3.52. The molecule has 1 fully saturated rings. The van der Waals surface area contributed by atoms with Gasteiger partial charge in [-0.1, -0.05) is 42.8 Å². The van der Waals surface area contributed by atoms with Crippen molar-refractivity contribution in [2.75, 3.05) is 0 Å². The number of hydrogen-bond acceptors (Lipinski definition) is 5. The van der Waals surface area contributed by atoms with Gasteiger partial charge in [0, 0.05) is 47.3 Å². The van der Waals surface area contributed by atoms with E-state index >= 15 is 0 Å². The summed E-state index contributed by atoms with van der Waals surface area (Å²) >= 11 is 0. The Morgan fingerprint density at radius 1 is 1.05 bits per heavy atom. The maximum absolute atomic E-state index is 14.6. The summed E-state index contributed by atoms with van der Waals surface area (Å²) in [5.74, 6) is -3.55. The van der Waals surface area contributed by atoms with E-state index in [9.17, 15) is 24.6 Å². The van der Waals surface area contributed by atoms with Gasteiger partial charge in [-0.2, -0.15) is 0 Å². The fourth-order valence-corrected chi connectivity index (χ4v) is 8.27. The molecule has 204 valence electrons. The van der Waals surface area contributed by atoms with E-state index in [4.69, 9.17) is 0 Å². The molecule has 6 rings (SSSR count). The van der Waals surface area contributed by atoms with Gasteiger partial charge in [0.2, 0.25) is 11.7 Å². The second-order valence-electron chi connectivity index (χ2n) is 12.1. The number of rotatable bonds is 2. The number of carbonyl (C=O) groups excluding carboxylic acids is 3. The summed E-state index contributed by atoms with van der Waals surface area (Å²) in [6.45, 7) is 7.59. The van der Waals surface area contributed by atoms with Crippen LogP contribution in [0.3, 0.4) is 0 Å². The number of H-pyrrole nitrogens is 1. The van der Waals surface area contributed by atoms with Crippen molar-refractivity contribution in [3.05, 3.63) is 70.7 Å². The number of fused-ring (bicyclic) bond motifs is 2. The van der Waals surface area contributed by atoms with E-state index in [0.29, 0.717) is 18.4 Å². The molecule has 8 atom stereocenters. The Kier molecular flexibility index (Phi) is 5.99. The van der Waals surface area contributed by atoms with E-state index in [1.54, 1.807) is 6.92 Å². The summed E-state index contributed by atoms with van der Waals surface area (Å²) in [7, 11) is 0. The number of amides is 1. The average molecular weight is 529 g/mol. The Labute approximate surface area is 228 Å². The second-order valence-corrected chi connectivity index (χ2v) is 12.1. The van der Waals surface area contributed by atoms with Gasteiger partial charge in [0.05, 0.1) is 6.10 Å². The van der Waals surface area contributed by atoms with E-state index in [2.05, 4.69) is 10.3 Å². The third kappa shape index (κ3) is 3.48. The van der Waals surface area contributed by atoms with Gasteiger partial charge in [0.25, 0.3) is 0 Å². The second kappa shape index (κ2) is 9.05. The lowest BCUT2D eigenvalue weighted by Crippen LogP contribution is -2.56. The minimum Gasteiger partial charge on any atom is -0.504 e. The highest BCUT2D eigenvalue weighted by molar-refractivity contribution is 6.11. The molecule has 7 nitrogen and oxygen atoms in total. The topological polar surface area (TPSA) is 119 Å². The number of nitrogens with one attached hydrogen (secondary N) is 2. The first-order valence-corrected chi connectivity index (χ1v) is 13.9. The molecule has 4 aliphatic rings. The Morgan fingerprint density at radius 3 is 2.56 bits per heavy atom. The molecule has 7 heteroatoms. The summed E-state index contributed by atoms with van der Waals surface area (Å²) in [5, 5.41) is 26.3. The van der Waals surface area contributed by atoms with Crippen LogP contribution in [-0.4, -0.2) is 44.8 Å². The normalized spacial score (nSPS) is 37.6. The summed E-state index contributed by atoms with van der Waals surface area (Å²) in [6, 6.07) is 7.64. The fourth-order valence-electron chi connectivity index (χ4n) is 8.27. The number of Topliss-reactive ketones (excluding diaryl/α,β-unsaturated/α-hetero) is 2. The number of hydrogen-bond donors (Lipinski definition) is 4. The van der Waals surface area contributed by atoms with Gasteiger partial charge in [-0.15, -0.1) is 0 Å². The lowest BCUT2D eigenvalue weighted by Gasteiger charge is -2.47. The SMILES string of the molecule is CC1=C(O)C(=O)[C@@H]2CC(=O)[C@@]34C(=O)N[C@H](Cc5c[nH]c6ccccc56)[C@@H]3C(C)=C(C)[C@@H](O)[C@@H]4/C=C/C[C@H](C)[C@@H]12. The molecule has 39 heavy (non-hydrogen) atoms. The predicted octanol–water partition coefficient (Wildman–Crippen LogP) is 4.34. The zero-order valence-corrected chi connectivity index (χ0v) is 22.8. The van der Waals surface area contributed by atoms with Crippen molar-refractivity contribution in [3.8, 4) is 0 Å². The number of aliphatic hydroxyl groups is 2. The van der Waals surface area contributed by atoms with Gasteiger partial charge >= 0.3 is 0 Å². The Balaban J connectivity index is 1.48. The lowest BCUT2D eigenvalue weighted by atomic mass is 9.53. The van der Waals surface area contributed by atoms with Crippen LogP contribution in [-0.2, 0) is 20.8 Å². The van der Waals surface area contributed by atoms with Crippen LogP contribution in [0, 0.1) is 35.0 Å². The molecule has 0 unspecified atom stereocenters. The largest absolute Gasteiger partial charge is 0.504 e. The van der Waals surface area contributed by atoms with Crippen molar-refractivity contribution in [2.24, 2.45) is 35.0 Å². The number of aliphatic hydroxyl groups excluding tert-OH is 2. The number of aromatic nitrogens is 1. The van der Waals surface area contributed by atoms with Crippen LogP contribution in [0.15, 0.2) is 65.1 Å². The molecular weight excluding hydrogens is 492 g/mol. The van der Waals surface area contributed by atoms with Crippen molar-refractivity contribution in [3.63, 3.8) is 0 Å². The van der Waals surface area contributed by atoms with Crippen molar-refractivity contribution >= 4 is 28.4 Å². The van der Waals surface area contributed by atoms with Crippen LogP contribution >= 0.6 is 0 Å². The molecule has 1 saturated heterocycles. The van der Waals surface area contributed by atoms with Gasteiger partial charge < -0.3 is 20.5 Å². The quantitative estimate of drug-likeness (QED) is 0.342. The highest BCUT2D eigenvalue weighted by Gasteiger charge is 2.67. The predicted molar refractivity (Wildman–Crippen MR) is 148 cm³/mol. The van der Waals surface area contributed by atoms with Gasteiger partial charge in [-0.05, 0) is 68.2 Å². The molecule has 1 spiro atoms. The molecule has 0 bridgehead atoms. The van der Waals surface area contributed by atoms with Crippen LogP contribution in [0.2, 0.25) is 0 Å². The van der Waals surface area contributed by atoms with Crippen molar-refractivity contribution in [1.29, 1.82) is 0 Å². The minimum absolute atomic E-state index is 0.0173. The van der Waals surface area contributed by atoms with Crippen LogP contribution in [0.4, 0.5) is 0 Å². The molecule has 2 heterocycles. The molecule has 1 aromatic carbocycles. The summed E-state index contributed by atoms with van der Waals surface area (Å²) < 4.78 is 0. The Bertz CT molecular complexity index is 1490. The van der Waals surface area contributed by atoms with E-state index in [1.807, 2.05) is 63.4 Å². The van der Waals surface area contributed by atoms with E-state index in [1.165, 1.54) is 0 Å². The van der Waals surface area contributed by atoms with Crippen molar-refractivity contribution in [2.45, 2.75) is 59.1 Å². The van der Waals surface area contributed by atoms with Crippen molar-refractivity contribution in [1.82, 2.24) is 10.3 Å². The number of aromatic amines is 1. The summed E-state index contributed by atoms with van der Waals surface area (Å²) in [5.41, 5.74) is 2.77. The van der Waals surface area contributed by atoms with Crippen LogP contribution in [0.5, 0.6) is 0 Å². The molecular formula is C32H36N2O5. The zero-order chi connectivity index (χ0) is 27.8. The van der Waals surface area contributed by atoms with Gasteiger partial charge in [0.1, 0.15) is 5.41 Å². The van der Waals surface area contributed by atoms with Gasteiger partial charge in [-0.25, -0.2) is 0 Å². The number of para-hydroxylation sites is 1. The monoisotopic (exact) mass is 528 g/mol. The van der Waals surface area contributed by atoms with Gasteiger partial charge in [-0.3, -0.25) is 14.4 Å². The zero-order valence-electron chi connectivity index (χ0n) is 22.8. The maximum Gasteiger partial charge on any atom is 0.235 e. The standard InChI is InChI=1S/C32H36N2O5/c1-15-8-7-10-22-28(36)17(3)16(2)27-24(12-19-14-33-23-11-6-5-9-20(19)23)34-31(39)32(22,27)25(35)13-21-26(15)18(4)29(37)30(21)38/h5-7,9-11,14-15,21-22,24,26-28,33,36-37H,8,12-13H2,1-4H3,(H,34,39)/b10-7+/t15-,21+,22-,24+,26-,27-,28+,32+/m0/s1. The minimum atomic E-state index is -1.53. The molecule has 0 radical (unpaired) electrons. The molecule has 1 aromatic heterocycles. The highest BCUT2D eigenvalue weighted by Crippen LogP contribution is 2.56. The number of ketones is 2. The van der Waals surface area contributed by atoms with E-state index < -0.39 is 35.1 Å². The number of allylic oxidation sites excluding steroid dienone is 3. The molecule has 0 saturated carbocycles. The summed E-state index contributed by atoms with van der Waals surface area (Å²) in [6.07, 6.45) is 5.79. The smallest absolute Gasteiger partial charge is 0.235 e. The third-order valence-electron chi connectivity index (χ3n) is 10.3. The number of benzene rings is 1. The lowest BCUT2D eigenvalue weighted by molar-refractivity contribution is -0.149. The first-order chi connectivity index (χ1) is 18.6. The van der Waals surface area contributed by atoms with Crippen LogP contribution in [0.25, 0.3) is 10.9 Å². The van der Waals surface area contributed by atoms with Crippen LogP contribution in [0.1, 0.15) is 46.1 Å². The van der Waals surface area contributed by atoms with E-state index in [0.717, 1.165) is 27.6 Å². The molecule has 1 aliphatic heterocycles. The third-order valence-corrected chi connectivity index (χ3v) is 10.3. The highest BCUT2D eigenvalue weighted by atomic mass is 16.3. The molecule has 1 amide bonds. The maximum atomic E-state index is 14.6. The summed E-state index contributed by atoms with van der Waals surface area (Å²) in [4.78, 5) is 45.2. The fraction of sp³-hybridized carbons (Fsp3) is 0.469. The van der Waals surface area contributed by atoms with Gasteiger partial charge in [0.15, 0.2) is 11.5 Å². The van der Waals surface area contributed by atoms with Crippen molar-refractivity contribution < 1.29 is 24.6 Å². The number of carbonyl (C=O) groups is 3. The van der Waals surface area contributed by atoms with E-state index in [-0.39, 0.29) is 41.7 Å². The Hall–Kier alpha value is -3.45.